The number of tetrazole rings is 1. The van der Waals surface area contributed by atoms with E-state index < -0.39 is 24.3 Å². The molecule has 1 aliphatic heterocycles. The Hall–Kier alpha value is -5.86. The average molecular weight is 771 g/mol. The van der Waals surface area contributed by atoms with Gasteiger partial charge in [0.15, 0.2) is 6.29 Å². The predicted molar refractivity (Wildman–Crippen MR) is 211 cm³/mol. The van der Waals surface area contributed by atoms with E-state index in [1.807, 2.05) is 127 Å². The molecule has 0 bridgehead atoms. The highest BCUT2D eigenvalue weighted by atomic mass is 32.2. The first kappa shape index (κ1) is 38.4. The SMILES string of the molecule is COC(=O)[C@H](Cc1ccccc1)NC(=O)NCc1cccc(-c2cccc([C@H]3O[C@@H](CSc4nnnn4-c4ccccc4)C[C@@H](c4ccc(CO)cc4)O3)c2)c1. The summed E-state index contributed by atoms with van der Waals surface area (Å²) in [5.74, 6) is 0.0744. The highest BCUT2D eigenvalue weighted by Gasteiger charge is 2.33. The monoisotopic (exact) mass is 770 g/mol. The fraction of sp³-hybridized carbons (Fsp3) is 0.233. The number of hydrogen-bond donors (Lipinski definition) is 3. The Balaban J connectivity index is 1.04. The number of amides is 2. The Morgan fingerprint density at radius 2 is 1.55 bits per heavy atom. The van der Waals surface area contributed by atoms with Crippen molar-refractivity contribution in [2.75, 3.05) is 12.9 Å². The highest BCUT2D eigenvalue weighted by Crippen LogP contribution is 2.40. The molecule has 4 atom stereocenters. The summed E-state index contributed by atoms with van der Waals surface area (Å²) in [4.78, 5) is 25.4. The molecule has 2 amide bonds. The number of hydrogen-bond acceptors (Lipinski definition) is 10. The fourth-order valence-corrected chi connectivity index (χ4v) is 7.40. The van der Waals surface area contributed by atoms with Crippen molar-refractivity contribution in [2.45, 2.75) is 55.7 Å². The van der Waals surface area contributed by atoms with Crippen LogP contribution < -0.4 is 10.6 Å². The van der Waals surface area contributed by atoms with Gasteiger partial charge in [0.05, 0.1) is 31.6 Å². The Kier molecular flexibility index (Phi) is 12.8. The van der Waals surface area contributed by atoms with Crippen LogP contribution in [0.4, 0.5) is 4.79 Å². The van der Waals surface area contributed by atoms with Gasteiger partial charge in [-0.15, -0.1) is 5.10 Å². The number of esters is 1. The smallest absolute Gasteiger partial charge is 0.328 e. The first-order chi connectivity index (χ1) is 27.4. The normalized spacial score (nSPS) is 17.1. The van der Waals surface area contributed by atoms with Crippen molar-refractivity contribution < 1.29 is 28.9 Å². The van der Waals surface area contributed by atoms with Crippen molar-refractivity contribution in [1.29, 1.82) is 0 Å². The van der Waals surface area contributed by atoms with Gasteiger partial charge < -0.3 is 30.0 Å². The van der Waals surface area contributed by atoms with E-state index in [2.05, 4.69) is 32.2 Å². The van der Waals surface area contributed by atoms with Crippen LogP contribution in [0.1, 0.15) is 46.6 Å². The van der Waals surface area contributed by atoms with Crippen LogP contribution in [0, 0.1) is 0 Å². The molecule has 0 aliphatic carbocycles. The van der Waals surface area contributed by atoms with Crippen LogP contribution in [0.25, 0.3) is 16.8 Å². The van der Waals surface area contributed by atoms with E-state index in [4.69, 9.17) is 14.2 Å². The quantitative estimate of drug-likeness (QED) is 0.0803. The van der Waals surface area contributed by atoms with Gasteiger partial charge in [0, 0.05) is 30.7 Å². The summed E-state index contributed by atoms with van der Waals surface area (Å²) >= 11 is 1.53. The number of nitrogens with one attached hydrogen (secondary N) is 2. The zero-order valence-corrected chi connectivity index (χ0v) is 31.5. The zero-order chi connectivity index (χ0) is 38.7. The second-order valence-electron chi connectivity index (χ2n) is 13.3. The van der Waals surface area contributed by atoms with Gasteiger partial charge in [-0.25, -0.2) is 9.59 Å². The molecule has 1 saturated heterocycles. The number of aliphatic hydroxyl groups is 1. The Morgan fingerprint density at radius 1 is 0.839 bits per heavy atom. The third-order valence-corrected chi connectivity index (χ3v) is 10.5. The van der Waals surface area contributed by atoms with E-state index in [0.717, 1.165) is 44.6 Å². The molecule has 56 heavy (non-hydrogen) atoms. The largest absolute Gasteiger partial charge is 0.467 e. The molecule has 5 aromatic carbocycles. The summed E-state index contributed by atoms with van der Waals surface area (Å²) in [7, 11) is 1.31. The zero-order valence-electron chi connectivity index (χ0n) is 30.7. The lowest BCUT2D eigenvalue weighted by atomic mass is 9.99. The maximum atomic E-state index is 12.9. The summed E-state index contributed by atoms with van der Waals surface area (Å²) < 4.78 is 19.9. The van der Waals surface area contributed by atoms with E-state index >= 15 is 0 Å². The molecule has 13 heteroatoms. The summed E-state index contributed by atoms with van der Waals surface area (Å²) in [5.41, 5.74) is 7.26. The number of methoxy groups -OCH3 is 1. The van der Waals surface area contributed by atoms with Crippen LogP contribution in [-0.4, -0.2) is 62.3 Å². The lowest BCUT2D eigenvalue weighted by Gasteiger charge is -2.36. The number of rotatable bonds is 14. The first-order valence-corrected chi connectivity index (χ1v) is 19.3. The van der Waals surface area contributed by atoms with Crippen LogP contribution in [-0.2, 0) is 38.6 Å². The minimum atomic E-state index is -0.829. The molecule has 0 saturated carbocycles. The number of aliphatic hydroxyl groups excluding tert-OH is 1. The molecule has 1 aliphatic rings. The second kappa shape index (κ2) is 18.7. The van der Waals surface area contributed by atoms with E-state index in [1.54, 1.807) is 4.68 Å². The van der Waals surface area contributed by atoms with Crippen molar-refractivity contribution in [1.82, 2.24) is 30.8 Å². The summed E-state index contributed by atoms with van der Waals surface area (Å²) in [6.45, 7) is 0.214. The third-order valence-electron chi connectivity index (χ3n) is 9.40. The summed E-state index contributed by atoms with van der Waals surface area (Å²) in [5, 5.41) is 28.3. The molecule has 6 aromatic rings. The lowest BCUT2D eigenvalue weighted by molar-refractivity contribution is -0.245. The molecule has 12 nitrogen and oxygen atoms in total. The van der Waals surface area contributed by atoms with Gasteiger partial charge in [0.2, 0.25) is 5.16 Å². The number of carbonyl (C=O) groups excluding carboxylic acids is 2. The molecule has 0 radical (unpaired) electrons. The molecule has 1 fully saturated rings. The third kappa shape index (κ3) is 9.86. The molecule has 286 valence electrons. The molecule has 2 heterocycles. The maximum absolute atomic E-state index is 12.9. The van der Waals surface area contributed by atoms with E-state index in [9.17, 15) is 14.7 Å². The highest BCUT2D eigenvalue weighted by molar-refractivity contribution is 7.99. The molecular formula is C43H42N6O6S. The van der Waals surface area contributed by atoms with Crippen molar-refractivity contribution >= 4 is 23.8 Å². The molecule has 0 unspecified atom stereocenters. The minimum Gasteiger partial charge on any atom is -0.467 e. The maximum Gasteiger partial charge on any atom is 0.328 e. The van der Waals surface area contributed by atoms with Crippen LogP contribution in [0.3, 0.4) is 0 Å². The van der Waals surface area contributed by atoms with Gasteiger partial charge >= 0.3 is 12.0 Å². The van der Waals surface area contributed by atoms with E-state index in [1.165, 1.54) is 18.9 Å². The van der Waals surface area contributed by atoms with E-state index in [0.29, 0.717) is 23.8 Å². The molecule has 0 spiro atoms. The van der Waals surface area contributed by atoms with Crippen LogP contribution in [0.5, 0.6) is 0 Å². The minimum absolute atomic E-state index is 0.0329. The Labute approximate surface area is 329 Å². The lowest BCUT2D eigenvalue weighted by Crippen LogP contribution is -2.47. The number of thioether (sulfide) groups is 1. The van der Waals surface area contributed by atoms with Gasteiger partial charge in [-0.05, 0) is 68.1 Å². The van der Waals surface area contributed by atoms with Crippen molar-refractivity contribution in [2.24, 2.45) is 0 Å². The average Bonchev–Trinajstić information content (AvgIpc) is 3.74. The van der Waals surface area contributed by atoms with Gasteiger partial charge in [-0.3, -0.25) is 0 Å². The molecule has 3 N–H and O–H groups in total. The number of ether oxygens (including phenoxy) is 3. The first-order valence-electron chi connectivity index (χ1n) is 18.3. The van der Waals surface area contributed by atoms with Crippen LogP contribution >= 0.6 is 11.8 Å². The topological polar surface area (TPSA) is 150 Å². The number of nitrogens with zero attached hydrogens (tertiary/aromatic N) is 4. The van der Waals surface area contributed by atoms with Gasteiger partial charge in [-0.1, -0.05) is 121 Å². The van der Waals surface area contributed by atoms with Crippen LogP contribution in [0.15, 0.2) is 139 Å². The van der Waals surface area contributed by atoms with Gasteiger partial charge in [0.1, 0.15) is 6.04 Å². The van der Waals surface area contributed by atoms with Gasteiger partial charge in [0.25, 0.3) is 0 Å². The van der Waals surface area contributed by atoms with Gasteiger partial charge in [-0.2, -0.15) is 4.68 Å². The summed E-state index contributed by atoms with van der Waals surface area (Å²) in [6.07, 6.45) is -0.185. The number of para-hydroxylation sites is 1. The summed E-state index contributed by atoms with van der Waals surface area (Å²) in [6, 6.07) is 41.7. The van der Waals surface area contributed by atoms with Crippen molar-refractivity contribution in [3.63, 3.8) is 0 Å². The number of benzene rings is 5. The van der Waals surface area contributed by atoms with E-state index in [-0.39, 0.29) is 25.4 Å². The molecular weight excluding hydrogens is 729 g/mol. The predicted octanol–water partition coefficient (Wildman–Crippen LogP) is 6.74. The molecule has 1 aromatic heterocycles. The standard InChI is InChI=1S/C43H42N6O6S/c1-53-40(51)38(23-29-10-4-2-5-11-29)45-42(52)44-26-31-12-8-13-33(22-31)34-14-9-15-35(24-34)41-54-37(25-39(55-41)32-20-18-30(27-50)19-21-32)28-56-43-46-47-48-49(43)36-16-6-3-7-17-36/h2-22,24,37-39,41,50H,23,25-28H2,1H3,(H2,44,45,52)/t37-,38+,39+,41+/m1/s1. The Morgan fingerprint density at radius 3 is 2.30 bits per heavy atom. The number of aromatic nitrogens is 4. The van der Waals surface area contributed by atoms with Crippen molar-refractivity contribution in [3.8, 4) is 16.8 Å². The number of carbonyl (C=O) groups is 2. The fourth-order valence-electron chi connectivity index (χ4n) is 6.49. The Bertz CT molecular complexity index is 2200. The van der Waals surface area contributed by atoms with Crippen LogP contribution in [0.2, 0.25) is 0 Å². The molecule has 7 rings (SSSR count). The second-order valence-corrected chi connectivity index (χ2v) is 14.3. The van der Waals surface area contributed by atoms with Crippen molar-refractivity contribution in [3.05, 3.63) is 161 Å². The number of urea groups is 1.